The molecule has 0 N–H and O–H groups in total. The van der Waals surface area contributed by atoms with Crippen molar-refractivity contribution in [3.8, 4) is 0 Å². The summed E-state index contributed by atoms with van der Waals surface area (Å²) in [5.74, 6) is 0. The molecule has 2 fully saturated rings. The van der Waals surface area contributed by atoms with Crippen molar-refractivity contribution in [2.45, 2.75) is 6.42 Å². The number of ether oxygens (including phenoxy) is 1. The van der Waals surface area contributed by atoms with Gasteiger partial charge in [-0.2, -0.15) is 0 Å². The van der Waals surface area contributed by atoms with Gasteiger partial charge < -0.3 is 14.4 Å². The Hall–Kier alpha value is -0.490. The van der Waals surface area contributed by atoms with Gasteiger partial charge in [0.2, 0.25) is 0 Å². The molecule has 2 saturated heterocycles. The summed E-state index contributed by atoms with van der Waals surface area (Å²) in [6, 6.07) is 0. The molecule has 110 valence electrons. The van der Waals surface area contributed by atoms with Crippen molar-refractivity contribution in [3.05, 3.63) is 0 Å². The van der Waals surface area contributed by atoms with Crippen LogP contribution in [0, 0.1) is 5.41 Å². The molecule has 2 rings (SSSR count). The molecular formula is C14H27N3O2. The maximum atomic E-state index is 11.3. The van der Waals surface area contributed by atoms with Gasteiger partial charge in [0.1, 0.15) is 6.29 Å². The molecule has 0 aromatic rings. The topological polar surface area (TPSA) is 36.0 Å². The van der Waals surface area contributed by atoms with E-state index >= 15 is 0 Å². The number of rotatable bonds is 6. The lowest BCUT2D eigenvalue weighted by atomic mass is 9.88. The van der Waals surface area contributed by atoms with Gasteiger partial charge >= 0.3 is 0 Å². The highest BCUT2D eigenvalue weighted by molar-refractivity contribution is 5.60. The van der Waals surface area contributed by atoms with Crippen LogP contribution in [0.5, 0.6) is 0 Å². The number of hydrogen-bond acceptors (Lipinski definition) is 5. The number of aldehydes is 1. The number of carbonyl (C=O) groups is 1. The Balaban J connectivity index is 1.72. The van der Waals surface area contributed by atoms with E-state index in [1.165, 1.54) is 0 Å². The van der Waals surface area contributed by atoms with Gasteiger partial charge in [0.25, 0.3) is 0 Å². The van der Waals surface area contributed by atoms with Crippen molar-refractivity contribution in [1.29, 1.82) is 0 Å². The highest BCUT2D eigenvalue weighted by Crippen LogP contribution is 2.27. The number of nitrogens with zero attached hydrogens (tertiary/aromatic N) is 3. The zero-order chi connectivity index (χ0) is 13.7. The van der Waals surface area contributed by atoms with Crippen molar-refractivity contribution in [1.82, 2.24) is 14.7 Å². The number of likely N-dealkylation sites (N-methyl/N-ethyl adjacent to an activating group) is 1. The van der Waals surface area contributed by atoms with E-state index in [0.717, 1.165) is 65.1 Å². The van der Waals surface area contributed by atoms with E-state index in [0.29, 0.717) is 6.61 Å². The van der Waals surface area contributed by atoms with Crippen LogP contribution in [0.25, 0.3) is 0 Å². The quantitative estimate of drug-likeness (QED) is 0.623. The normalized spacial score (nSPS) is 30.1. The van der Waals surface area contributed by atoms with Gasteiger partial charge in [-0.15, -0.1) is 0 Å². The Bertz CT molecular complexity index is 282. The molecule has 1 unspecified atom stereocenters. The summed E-state index contributed by atoms with van der Waals surface area (Å²) in [7, 11) is 4.23. The highest BCUT2D eigenvalue weighted by atomic mass is 16.5. The molecule has 2 heterocycles. The molecule has 19 heavy (non-hydrogen) atoms. The minimum Gasteiger partial charge on any atom is -0.380 e. The Morgan fingerprint density at radius 2 is 1.89 bits per heavy atom. The lowest BCUT2D eigenvalue weighted by Gasteiger charge is -2.38. The second kappa shape index (κ2) is 6.79. The molecule has 2 aliphatic heterocycles. The third-order valence-electron chi connectivity index (χ3n) is 4.25. The first-order valence-corrected chi connectivity index (χ1v) is 7.27. The molecule has 0 amide bonds. The molecule has 0 bridgehead atoms. The van der Waals surface area contributed by atoms with Gasteiger partial charge in [0, 0.05) is 52.4 Å². The average Bonchev–Trinajstić information content (AvgIpc) is 2.87. The molecule has 0 aromatic heterocycles. The van der Waals surface area contributed by atoms with E-state index in [9.17, 15) is 4.79 Å². The molecule has 5 nitrogen and oxygen atoms in total. The summed E-state index contributed by atoms with van der Waals surface area (Å²) >= 11 is 0. The van der Waals surface area contributed by atoms with Crippen LogP contribution >= 0.6 is 0 Å². The summed E-state index contributed by atoms with van der Waals surface area (Å²) in [5, 5.41) is 0. The van der Waals surface area contributed by atoms with Crippen LogP contribution in [-0.4, -0.2) is 94.1 Å². The predicted octanol–water partition coefficient (Wildman–Crippen LogP) is -0.229. The molecule has 0 aliphatic carbocycles. The summed E-state index contributed by atoms with van der Waals surface area (Å²) in [5.41, 5.74) is -0.230. The van der Waals surface area contributed by atoms with E-state index in [4.69, 9.17) is 4.74 Å². The summed E-state index contributed by atoms with van der Waals surface area (Å²) < 4.78 is 5.41. The second-order valence-corrected chi connectivity index (χ2v) is 6.20. The fraction of sp³-hybridized carbons (Fsp3) is 0.929. The van der Waals surface area contributed by atoms with E-state index in [-0.39, 0.29) is 5.41 Å². The molecule has 0 radical (unpaired) electrons. The van der Waals surface area contributed by atoms with Crippen LogP contribution in [0.15, 0.2) is 0 Å². The second-order valence-electron chi connectivity index (χ2n) is 6.20. The first kappa shape index (κ1) is 14.9. The minimum atomic E-state index is -0.230. The van der Waals surface area contributed by atoms with Crippen molar-refractivity contribution in [3.63, 3.8) is 0 Å². The van der Waals surface area contributed by atoms with Gasteiger partial charge in [-0.3, -0.25) is 9.80 Å². The van der Waals surface area contributed by atoms with E-state index in [1.54, 1.807) is 0 Å². The fourth-order valence-electron chi connectivity index (χ4n) is 2.84. The number of hydrogen-bond donors (Lipinski definition) is 0. The van der Waals surface area contributed by atoms with Crippen LogP contribution in [0.4, 0.5) is 0 Å². The van der Waals surface area contributed by atoms with Crippen LogP contribution in [0.1, 0.15) is 6.42 Å². The molecule has 0 spiro atoms. The number of piperazine rings is 1. The van der Waals surface area contributed by atoms with Gasteiger partial charge in [-0.25, -0.2) is 0 Å². The predicted molar refractivity (Wildman–Crippen MR) is 75.4 cm³/mol. The van der Waals surface area contributed by atoms with E-state index in [1.807, 2.05) is 0 Å². The highest BCUT2D eigenvalue weighted by Gasteiger charge is 2.37. The zero-order valence-electron chi connectivity index (χ0n) is 12.3. The number of carbonyl (C=O) groups excluding carboxylic acids is 1. The van der Waals surface area contributed by atoms with Gasteiger partial charge in [-0.1, -0.05) is 0 Å². The molecule has 2 aliphatic rings. The van der Waals surface area contributed by atoms with Crippen LogP contribution in [0.2, 0.25) is 0 Å². The van der Waals surface area contributed by atoms with Crippen molar-refractivity contribution < 1.29 is 9.53 Å². The standard InChI is InChI=1S/C14H27N3O2/c1-15(2)4-5-16-6-8-17(9-7-16)11-14(12-18)3-10-19-13-14/h12H,3-11,13H2,1-2H3. The zero-order valence-corrected chi connectivity index (χ0v) is 12.3. The van der Waals surface area contributed by atoms with Crippen molar-refractivity contribution in [2.24, 2.45) is 5.41 Å². The summed E-state index contributed by atoms with van der Waals surface area (Å²) in [4.78, 5) is 18.5. The molecule has 0 saturated carbocycles. The lowest BCUT2D eigenvalue weighted by molar-refractivity contribution is -0.117. The van der Waals surface area contributed by atoms with E-state index < -0.39 is 0 Å². The first-order valence-electron chi connectivity index (χ1n) is 7.27. The van der Waals surface area contributed by atoms with Crippen molar-refractivity contribution in [2.75, 3.05) is 73.1 Å². The van der Waals surface area contributed by atoms with Crippen LogP contribution in [0.3, 0.4) is 0 Å². The van der Waals surface area contributed by atoms with Crippen molar-refractivity contribution >= 4 is 6.29 Å². The molecule has 5 heteroatoms. The lowest BCUT2D eigenvalue weighted by Crippen LogP contribution is -2.51. The molecule has 1 atom stereocenters. The Labute approximate surface area is 116 Å². The monoisotopic (exact) mass is 269 g/mol. The Kier molecular flexibility index (Phi) is 5.33. The third-order valence-corrected chi connectivity index (χ3v) is 4.25. The molecular weight excluding hydrogens is 242 g/mol. The van der Waals surface area contributed by atoms with Gasteiger partial charge in [0.05, 0.1) is 12.0 Å². The average molecular weight is 269 g/mol. The van der Waals surface area contributed by atoms with Crippen LogP contribution < -0.4 is 0 Å². The van der Waals surface area contributed by atoms with Crippen LogP contribution in [-0.2, 0) is 9.53 Å². The summed E-state index contributed by atoms with van der Waals surface area (Å²) in [6.07, 6.45) is 2.01. The Morgan fingerprint density at radius 3 is 2.42 bits per heavy atom. The molecule has 0 aromatic carbocycles. The third kappa shape index (κ3) is 4.24. The maximum Gasteiger partial charge on any atom is 0.129 e. The van der Waals surface area contributed by atoms with E-state index in [2.05, 4.69) is 28.8 Å². The summed E-state index contributed by atoms with van der Waals surface area (Å²) in [6.45, 7) is 8.85. The first-order chi connectivity index (χ1) is 9.13. The minimum absolute atomic E-state index is 0.230. The van der Waals surface area contributed by atoms with Gasteiger partial charge in [0.15, 0.2) is 0 Å². The SMILES string of the molecule is CN(C)CCN1CCN(CC2(C=O)CCOC2)CC1. The smallest absolute Gasteiger partial charge is 0.129 e. The largest absolute Gasteiger partial charge is 0.380 e. The Morgan fingerprint density at radius 1 is 1.21 bits per heavy atom. The maximum absolute atomic E-state index is 11.3. The van der Waals surface area contributed by atoms with Gasteiger partial charge in [-0.05, 0) is 20.5 Å². The fourth-order valence-corrected chi connectivity index (χ4v) is 2.84.